The number of nitrogens with zero attached hydrogens (tertiary/aromatic N) is 1. The second kappa shape index (κ2) is 9.45. The number of aromatic nitrogens is 2. The van der Waals surface area contributed by atoms with E-state index in [9.17, 15) is 9.59 Å². The number of allylic oxidation sites excluding steroid dienone is 1. The Labute approximate surface area is 218 Å². The van der Waals surface area contributed by atoms with E-state index in [0.717, 1.165) is 68.5 Å². The molecular formula is C31H26N2O3S. The Bertz CT molecular complexity index is 1690. The van der Waals surface area contributed by atoms with Gasteiger partial charge in [-0.05, 0) is 73.9 Å². The summed E-state index contributed by atoms with van der Waals surface area (Å²) in [6.45, 7) is 3.52. The molecule has 0 fully saturated rings. The van der Waals surface area contributed by atoms with Gasteiger partial charge in [0.2, 0.25) is 5.78 Å². The third-order valence-electron chi connectivity index (χ3n) is 7.03. The van der Waals surface area contributed by atoms with Gasteiger partial charge >= 0.3 is 5.97 Å². The first-order valence-electron chi connectivity index (χ1n) is 12.5. The second-order valence-electron chi connectivity index (χ2n) is 9.45. The molecule has 0 bridgehead atoms. The normalized spacial score (nSPS) is 15.1. The van der Waals surface area contributed by atoms with Crippen LogP contribution in [-0.4, -0.2) is 27.8 Å². The van der Waals surface area contributed by atoms with E-state index in [4.69, 9.17) is 9.72 Å². The van der Waals surface area contributed by atoms with E-state index in [1.165, 1.54) is 0 Å². The summed E-state index contributed by atoms with van der Waals surface area (Å²) in [4.78, 5) is 36.6. The largest absolute Gasteiger partial charge is 0.451 e. The number of H-pyrrole nitrogens is 1. The quantitative estimate of drug-likeness (QED) is 0.199. The number of ketones is 1. The number of nitrogens with one attached hydrogen (secondary N) is 1. The molecule has 1 aliphatic rings. The summed E-state index contributed by atoms with van der Waals surface area (Å²) in [7, 11) is 0. The van der Waals surface area contributed by atoms with Crippen LogP contribution in [0.4, 0.5) is 0 Å². The lowest BCUT2D eigenvalue weighted by atomic mass is 9.86. The van der Waals surface area contributed by atoms with Crippen LogP contribution < -0.4 is 0 Å². The van der Waals surface area contributed by atoms with Crippen molar-refractivity contribution in [2.75, 3.05) is 0 Å². The Kier molecular flexibility index (Phi) is 5.97. The summed E-state index contributed by atoms with van der Waals surface area (Å²) in [5, 5.41) is 3.65. The molecule has 6 heteroatoms. The van der Waals surface area contributed by atoms with Crippen molar-refractivity contribution in [3.05, 3.63) is 99.0 Å². The van der Waals surface area contributed by atoms with Crippen LogP contribution in [0.3, 0.4) is 0 Å². The molecule has 184 valence electrons. The third kappa shape index (κ3) is 4.17. The highest BCUT2D eigenvalue weighted by Crippen LogP contribution is 2.37. The van der Waals surface area contributed by atoms with Gasteiger partial charge in [0.25, 0.3) is 0 Å². The van der Waals surface area contributed by atoms with Gasteiger partial charge in [-0.3, -0.25) is 4.79 Å². The summed E-state index contributed by atoms with van der Waals surface area (Å²) in [6, 6.07) is 19.5. The fourth-order valence-electron chi connectivity index (χ4n) is 5.32. The Morgan fingerprint density at radius 1 is 1.00 bits per heavy atom. The van der Waals surface area contributed by atoms with Crippen LogP contribution >= 0.6 is 11.3 Å². The van der Waals surface area contributed by atoms with Crippen LogP contribution in [0.1, 0.15) is 62.3 Å². The number of aryl methyl sites for hydroxylation is 1. The molecule has 0 amide bonds. The topological polar surface area (TPSA) is 72.1 Å². The zero-order valence-corrected chi connectivity index (χ0v) is 21.5. The third-order valence-corrected chi connectivity index (χ3v) is 7.85. The highest BCUT2D eigenvalue weighted by Gasteiger charge is 2.29. The van der Waals surface area contributed by atoms with Gasteiger partial charge < -0.3 is 9.72 Å². The zero-order valence-electron chi connectivity index (χ0n) is 20.7. The first-order valence-corrected chi connectivity index (χ1v) is 13.4. The van der Waals surface area contributed by atoms with Gasteiger partial charge in [-0.1, -0.05) is 42.5 Å². The molecule has 5 aromatic rings. The Morgan fingerprint density at radius 3 is 2.59 bits per heavy atom. The molecule has 1 unspecified atom stereocenters. The molecule has 0 spiro atoms. The van der Waals surface area contributed by atoms with Gasteiger partial charge in [-0.25, -0.2) is 9.78 Å². The van der Waals surface area contributed by atoms with Crippen LogP contribution in [0, 0.1) is 6.92 Å². The number of esters is 1. The minimum absolute atomic E-state index is 0.214. The Balaban J connectivity index is 1.40. The van der Waals surface area contributed by atoms with Crippen LogP contribution in [0.2, 0.25) is 0 Å². The van der Waals surface area contributed by atoms with Gasteiger partial charge in [0.15, 0.2) is 6.10 Å². The van der Waals surface area contributed by atoms with Crippen LogP contribution in [0.15, 0.2) is 66.0 Å². The molecule has 6 rings (SSSR count). The van der Waals surface area contributed by atoms with E-state index >= 15 is 0 Å². The number of pyridine rings is 1. The second-order valence-corrected chi connectivity index (χ2v) is 10.4. The minimum Gasteiger partial charge on any atom is -0.451 e. The lowest BCUT2D eigenvalue weighted by Crippen LogP contribution is -2.26. The summed E-state index contributed by atoms with van der Waals surface area (Å²) in [5.41, 5.74) is 6.38. The van der Waals surface area contributed by atoms with E-state index in [2.05, 4.69) is 22.5 Å². The summed E-state index contributed by atoms with van der Waals surface area (Å²) >= 11 is 1.68. The standard InChI is InChI=1S/C31H26N2O3S/c1-18-27(22-11-3-5-14-25(22)32-18)30(34)19(2)36-31(35)28-23-12-4-6-15-26(23)33-29-20(9-7-13-24(28)29)17-21-10-8-16-37-21/h3-6,8,10-12,14-17,19,32H,7,9,13H2,1-2H3/b20-17-. The Morgan fingerprint density at radius 2 is 1.78 bits per heavy atom. The van der Waals surface area contributed by atoms with E-state index in [-0.39, 0.29) is 5.78 Å². The SMILES string of the molecule is Cc1[nH]c2ccccc2c1C(=O)C(C)OC(=O)c1c2c(nc3ccccc13)/C(=C\c1cccs1)CCC2. The number of benzene rings is 2. The highest BCUT2D eigenvalue weighted by atomic mass is 32.1. The maximum atomic E-state index is 13.8. The predicted octanol–water partition coefficient (Wildman–Crippen LogP) is 7.39. The number of para-hydroxylation sites is 2. The van der Waals surface area contributed by atoms with Crippen molar-refractivity contribution in [2.45, 2.75) is 39.2 Å². The van der Waals surface area contributed by atoms with Crippen LogP contribution in [-0.2, 0) is 11.2 Å². The molecule has 0 radical (unpaired) electrons. The minimum atomic E-state index is -0.933. The number of carbonyl (C=O) groups is 2. The van der Waals surface area contributed by atoms with Crippen LogP contribution in [0.5, 0.6) is 0 Å². The van der Waals surface area contributed by atoms with Gasteiger partial charge in [0.1, 0.15) is 0 Å². The fraction of sp³-hybridized carbons (Fsp3) is 0.194. The molecule has 3 aromatic heterocycles. The van der Waals surface area contributed by atoms with Crippen molar-refractivity contribution < 1.29 is 14.3 Å². The predicted molar refractivity (Wildman–Crippen MR) is 149 cm³/mol. The molecule has 5 nitrogen and oxygen atoms in total. The van der Waals surface area contributed by atoms with E-state index < -0.39 is 12.1 Å². The summed E-state index contributed by atoms with van der Waals surface area (Å²) in [6.07, 6.45) is 3.81. The number of rotatable bonds is 5. The maximum Gasteiger partial charge on any atom is 0.339 e. The van der Waals surface area contributed by atoms with Gasteiger partial charge in [-0.15, -0.1) is 11.3 Å². The number of fused-ring (bicyclic) bond motifs is 3. The summed E-state index contributed by atoms with van der Waals surface area (Å²) in [5.74, 6) is -0.695. The Hall–Kier alpha value is -4.03. The molecule has 1 aliphatic carbocycles. The molecule has 3 heterocycles. The average Bonchev–Trinajstić information content (AvgIpc) is 3.53. The lowest BCUT2D eigenvalue weighted by Gasteiger charge is -2.23. The van der Waals surface area contributed by atoms with Crippen molar-refractivity contribution in [3.63, 3.8) is 0 Å². The molecule has 2 aromatic carbocycles. The monoisotopic (exact) mass is 506 g/mol. The lowest BCUT2D eigenvalue weighted by molar-refractivity contribution is 0.0320. The van der Waals surface area contributed by atoms with Gasteiger partial charge in [0, 0.05) is 32.4 Å². The number of aromatic amines is 1. The number of hydrogen-bond acceptors (Lipinski definition) is 5. The number of hydrogen-bond donors (Lipinski definition) is 1. The van der Waals surface area contributed by atoms with Gasteiger partial charge in [-0.2, -0.15) is 0 Å². The average molecular weight is 507 g/mol. The molecule has 0 aliphatic heterocycles. The number of ether oxygens (including phenoxy) is 1. The molecule has 0 saturated heterocycles. The highest BCUT2D eigenvalue weighted by molar-refractivity contribution is 7.10. The van der Waals surface area contributed by atoms with Crippen molar-refractivity contribution in [2.24, 2.45) is 0 Å². The molecule has 1 atom stereocenters. The first-order chi connectivity index (χ1) is 18.0. The molecule has 0 saturated carbocycles. The van der Waals surface area contributed by atoms with E-state index in [1.54, 1.807) is 18.3 Å². The van der Waals surface area contributed by atoms with E-state index in [1.807, 2.05) is 61.5 Å². The first kappa shape index (κ1) is 23.4. The summed E-state index contributed by atoms with van der Waals surface area (Å²) < 4.78 is 5.89. The fourth-order valence-corrected chi connectivity index (χ4v) is 6.01. The molecular weight excluding hydrogens is 480 g/mol. The number of carbonyl (C=O) groups excluding carboxylic acids is 2. The van der Waals surface area contributed by atoms with Crippen molar-refractivity contribution in [1.82, 2.24) is 9.97 Å². The van der Waals surface area contributed by atoms with Crippen molar-refractivity contribution >= 4 is 56.5 Å². The molecule has 1 N–H and O–H groups in total. The smallest absolute Gasteiger partial charge is 0.339 e. The zero-order chi connectivity index (χ0) is 25.5. The molecule has 37 heavy (non-hydrogen) atoms. The van der Waals surface area contributed by atoms with Gasteiger partial charge in [0.05, 0.1) is 16.8 Å². The maximum absolute atomic E-state index is 13.8. The number of thiophene rings is 1. The van der Waals surface area contributed by atoms with E-state index in [0.29, 0.717) is 11.1 Å². The van der Waals surface area contributed by atoms with Crippen molar-refractivity contribution in [1.29, 1.82) is 0 Å². The number of Topliss-reactive ketones (excluding diaryl/α,β-unsaturated/α-hetero) is 1. The van der Waals surface area contributed by atoms with Crippen LogP contribution in [0.25, 0.3) is 33.5 Å². The van der Waals surface area contributed by atoms with Crippen molar-refractivity contribution in [3.8, 4) is 0 Å².